The van der Waals surface area contributed by atoms with E-state index >= 15 is 0 Å². The third-order valence-corrected chi connectivity index (χ3v) is 4.42. The predicted molar refractivity (Wildman–Crippen MR) is 98.7 cm³/mol. The van der Waals surface area contributed by atoms with Crippen LogP contribution in [0.5, 0.6) is 5.75 Å². The number of halogens is 3. The summed E-state index contributed by atoms with van der Waals surface area (Å²) in [5, 5.41) is 0.638. The van der Waals surface area contributed by atoms with Gasteiger partial charge in [0.2, 0.25) is 0 Å². The van der Waals surface area contributed by atoms with E-state index in [-0.39, 0.29) is 12.4 Å². The summed E-state index contributed by atoms with van der Waals surface area (Å²) in [6, 6.07) is 9.06. The second-order valence-corrected chi connectivity index (χ2v) is 6.45. The molecule has 0 fully saturated rings. The maximum absolute atomic E-state index is 12.7. The van der Waals surface area contributed by atoms with Gasteiger partial charge in [0.1, 0.15) is 17.9 Å². The number of hydrogen-bond donors (Lipinski definition) is 0. The van der Waals surface area contributed by atoms with Crippen molar-refractivity contribution in [3.63, 3.8) is 0 Å². The fourth-order valence-corrected chi connectivity index (χ4v) is 2.75. The molecule has 5 nitrogen and oxygen atoms in total. The topological polar surface area (TPSA) is 65.7 Å². The SMILES string of the molecule is Cc1ccc2c(COC(=O)COc3cccc(C(F)(F)F)c3)cc(=O)oc2c1C. The first-order valence-electron chi connectivity index (χ1n) is 8.64. The van der Waals surface area contributed by atoms with Gasteiger partial charge in [-0.05, 0) is 43.2 Å². The van der Waals surface area contributed by atoms with Gasteiger partial charge in [0, 0.05) is 17.0 Å². The lowest BCUT2D eigenvalue weighted by molar-refractivity contribution is -0.147. The Balaban J connectivity index is 1.67. The van der Waals surface area contributed by atoms with Crippen molar-refractivity contribution in [1.82, 2.24) is 0 Å². The molecule has 152 valence electrons. The monoisotopic (exact) mass is 406 g/mol. The number of carbonyl (C=O) groups excluding carboxylic acids is 1. The molecule has 2 aromatic carbocycles. The standard InChI is InChI=1S/C21H17F3O5/c1-12-6-7-17-14(8-18(25)29-20(17)13(12)2)10-28-19(26)11-27-16-5-3-4-15(9-16)21(22,23)24/h3-9H,10-11H2,1-2H3. The maximum Gasteiger partial charge on any atom is 0.416 e. The highest BCUT2D eigenvalue weighted by Gasteiger charge is 2.30. The van der Waals surface area contributed by atoms with Crippen LogP contribution in [0.2, 0.25) is 0 Å². The van der Waals surface area contributed by atoms with Crippen molar-refractivity contribution < 1.29 is 31.9 Å². The van der Waals surface area contributed by atoms with Crippen LogP contribution in [0.15, 0.2) is 51.7 Å². The number of alkyl halides is 3. The molecule has 1 aromatic heterocycles. The summed E-state index contributed by atoms with van der Waals surface area (Å²) in [6.07, 6.45) is -4.51. The number of aryl methyl sites for hydroxylation is 2. The largest absolute Gasteiger partial charge is 0.482 e. The zero-order valence-electron chi connectivity index (χ0n) is 15.6. The Morgan fingerprint density at radius 2 is 1.86 bits per heavy atom. The molecule has 0 saturated heterocycles. The van der Waals surface area contributed by atoms with Crippen molar-refractivity contribution in [3.8, 4) is 5.75 Å². The molecular formula is C21H17F3O5. The van der Waals surface area contributed by atoms with E-state index in [4.69, 9.17) is 13.9 Å². The van der Waals surface area contributed by atoms with E-state index < -0.39 is 29.9 Å². The molecule has 8 heteroatoms. The minimum Gasteiger partial charge on any atom is -0.482 e. The molecule has 0 N–H and O–H groups in total. The lowest BCUT2D eigenvalue weighted by Gasteiger charge is -2.11. The van der Waals surface area contributed by atoms with E-state index in [1.807, 2.05) is 19.9 Å². The number of esters is 1. The van der Waals surface area contributed by atoms with Crippen LogP contribution in [0.3, 0.4) is 0 Å². The first kappa shape index (κ1) is 20.4. The molecule has 0 unspecified atom stereocenters. The lowest BCUT2D eigenvalue weighted by atomic mass is 10.0. The normalized spacial score (nSPS) is 11.5. The summed E-state index contributed by atoms with van der Waals surface area (Å²) in [5.74, 6) is -0.888. The first-order chi connectivity index (χ1) is 13.6. The highest BCUT2D eigenvalue weighted by molar-refractivity contribution is 5.84. The summed E-state index contributed by atoms with van der Waals surface area (Å²) in [7, 11) is 0. The van der Waals surface area contributed by atoms with E-state index in [0.29, 0.717) is 16.5 Å². The van der Waals surface area contributed by atoms with Crippen LogP contribution in [0, 0.1) is 13.8 Å². The molecular weight excluding hydrogens is 389 g/mol. The van der Waals surface area contributed by atoms with E-state index in [1.54, 1.807) is 6.07 Å². The third kappa shape index (κ3) is 4.77. The van der Waals surface area contributed by atoms with Crippen LogP contribution in [0.25, 0.3) is 11.0 Å². The fraction of sp³-hybridized carbons (Fsp3) is 0.238. The van der Waals surface area contributed by atoms with Crippen LogP contribution in [-0.2, 0) is 22.3 Å². The molecule has 3 rings (SSSR count). The minimum atomic E-state index is -4.51. The van der Waals surface area contributed by atoms with E-state index in [0.717, 1.165) is 23.3 Å². The summed E-state index contributed by atoms with van der Waals surface area (Å²) in [5.41, 5.74) is 1.19. The van der Waals surface area contributed by atoms with Crippen molar-refractivity contribution in [2.45, 2.75) is 26.6 Å². The van der Waals surface area contributed by atoms with Crippen LogP contribution >= 0.6 is 0 Å². The van der Waals surface area contributed by atoms with Crippen LogP contribution < -0.4 is 10.4 Å². The summed E-state index contributed by atoms with van der Waals surface area (Å²) >= 11 is 0. The predicted octanol–water partition coefficient (Wildman–Crippen LogP) is 4.55. The molecule has 0 bridgehead atoms. The molecule has 1 heterocycles. The van der Waals surface area contributed by atoms with Gasteiger partial charge in [-0.2, -0.15) is 13.2 Å². The number of ether oxygens (including phenoxy) is 2. The van der Waals surface area contributed by atoms with Gasteiger partial charge in [0.25, 0.3) is 0 Å². The van der Waals surface area contributed by atoms with E-state index in [2.05, 4.69) is 0 Å². The van der Waals surface area contributed by atoms with Crippen molar-refractivity contribution in [2.24, 2.45) is 0 Å². The average Bonchev–Trinajstić information content (AvgIpc) is 2.67. The molecule has 0 aliphatic carbocycles. The van der Waals surface area contributed by atoms with Gasteiger partial charge in [0.05, 0.1) is 5.56 Å². The van der Waals surface area contributed by atoms with Gasteiger partial charge in [-0.25, -0.2) is 9.59 Å². The molecule has 0 aliphatic heterocycles. The highest BCUT2D eigenvalue weighted by Crippen LogP contribution is 2.31. The van der Waals surface area contributed by atoms with Gasteiger partial charge < -0.3 is 13.9 Å². The molecule has 0 aliphatic rings. The van der Waals surface area contributed by atoms with Crippen molar-refractivity contribution in [3.05, 3.63) is 75.1 Å². The van der Waals surface area contributed by atoms with E-state index in [1.165, 1.54) is 18.2 Å². The van der Waals surface area contributed by atoms with Crippen molar-refractivity contribution in [2.75, 3.05) is 6.61 Å². The van der Waals surface area contributed by atoms with Gasteiger partial charge in [-0.1, -0.05) is 18.2 Å². The highest BCUT2D eigenvalue weighted by atomic mass is 19.4. The van der Waals surface area contributed by atoms with Gasteiger partial charge in [0.15, 0.2) is 6.61 Å². The fourth-order valence-electron chi connectivity index (χ4n) is 2.75. The van der Waals surface area contributed by atoms with Crippen LogP contribution in [0.4, 0.5) is 13.2 Å². The zero-order chi connectivity index (χ0) is 21.2. The van der Waals surface area contributed by atoms with Crippen LogP contribution in [-0.4, -0.2) is 12.6 Å². The quantitative estimate of drug-likeness (QED) is 0.459. The minimum absolute atomic E-state index is 0.103. The number of rotatable bonds is 5. The summed E-state index contributed by atoms with van der Waals surface area (Å²) in [4.78, 5) is 23.8. The number of carbonyl (C=O) groups is 1. The molecule has 0 saturated carbocycles. The first-order valence-corrected chi connectivity index (χ1v) is 8.64. The Morgan fingerprint density at radius 1 is 1.10 bits per heavy atom. The average molecular weight is 406 g/mol. The maximum atomic E-state index is 12.7. The van der Waals surface area contributed by atoms with Crippen molar-refractivity contribution >= 4 is 16.9 Å². The van der Waals surface area contributed by atoms with Crippen LogP contribution in [0.1, 0.15) is 22.3 Å². The molecule has 0 spiro atoms. The summed E-state index contributed by atoms with van der Waals surface area (Å²) in [6.45, 7) is 2.93. The second-order valence-electron chi connectivity index (χ2n) is 6.45. The zero-order valence-corrected chi connectivity index (χ0v) is 15.6. The van der Waals surface area contributed by atoms with Gasteiger partial charge >= 0.3 is 17.8 Å². The number of benzene rings is 2. The molecule has 0 amide bonds. The number of hydrogen-bond acceptors (Lipinski definition) is 5. The smallest absolute Gasteiger partial charge is 0.416 e. The molecule has 3 aromatic rings. The molecule has 0 atom stereocenters. The molecule has 29 heavy (non-hydrogen) atoms. The third-order valence-electron chi connectivity index (χ3n) is 4.42. The Morgan fingerprint density at radius 3 is 2.59 bits per heavy atom. The Labute approximate surface area is 163 Å². The molecule has 0 radical (unpaired) electrons. The lowest BCUT2D eigenvalue weighted by Crippen LogP contribution is -2.16. The van der Waals surface area contributed by atoms with Crippen molar-refractivity contribution in [1.29, 1.82) is 0 Å². The summed E-state index contributed by atoms with van der Waals surface area (Å²) < 4.78 is 53.6. The Hall–Kier alpha value is -3.29. The van der Waals surface area contributed by atoms with E-state index in [9.17, 15) is 22.8 Å². The Bertz CT molecular complexity index is 1120. The van der Waals surface area contributed by atoms with Gasteiger partial charge in [-0.3, -0.25) is 0 Å². The second kappa shape index (κ2) is 7.98. The number of fused-ring (bicyclic) bond motifs is 1. The van der Waals surface area contributed by atoms with Gasteiger partial charge in [-0.15, -0.1) is 0 Å². The Kier molecular flexibility index (Phi) is 5.63.